The lowest BCUT2D eigenvalue weighted by atomic mass is 10.1. The van der Waals surface area contributed by atoms with E-state index in [1.807, 2.05) is 27.7 Å². The topological polar surface area (TPSA) is 114 Å². The summed E-state index contributed by atoms with van der Waals surface area (Å²) in [6, 6.07) is 17.6. The van der Waals surface area contributed by atoms with E-state index in [1.54, 1.807) is 48.5 Å². The molecule has 0 aromatic heterocycles. The van der Waals surface area contributed by atoms with Gasteiger partial charge in [-0.05, 0) is 64.1 Å². The molecule has 0 aliphatic heterocycles. The number of hydrogen-bond acceptors (Lipinski definition) is 6. The third kappa shape index (κ3) is 6.83. The van der Waals surface area contributed by atoms with Crippen molar-refractivity contribution in [2.75, 3.05) is 30.4 Å². The van der Waals surface area contributed by atoms with Crippen molar-refractivity contribution in [1.82, 2.24) is 5.32 Å². The standard InChI is InChI=1S/C28H33N3O6S/c1-19-11-13-20(14-12-19)31(38(34,35)21-15-16-24(36-5)25(17-21)37-6)18-26(32)29-23-10-8-7-9-22(23)27(33)30-28(2,3)4/h7-17H,18H2,1-6H3,(H,29,32)(H,30,33). The van der Waals surface area contributed by atoms with E-state index in [0.29, 0.717) is 11.4 Å². The summed E-state index contributed by atoms with van der Waals surface area (Å²) in [6.07, 6.45) is 0. The molecule has 0 spiro atoms. The molecule has 0 heterocycles. The summed E-state index contributed by atoms with van der Waals surface area (Å²) in [4.78, 5) is 26.0. The van der Waals surface area contributed by atoms with Crippen molar-refractivity contribution in [3.8, 4) is 11.5 Å². The number of benzene rings is 3. The molecule has 38 heavy (non-hydrogen) atoms. The first-order chi connectivity index (χ1) is 17.9. The number of nitrogens with one attached hydrogen (secondary N) is 2. The van der Waals surface area contributed by atoms with Crippen molar-refractivity contribution in [3.05, 3.63) is 77.9 Å². The normalized spacial score (nSPS) is 11.4. The summed E-state index contributed by atoms with van der Waals surface area (Å²) in [7, 11) is -1.34. The maximum Gasteiger partial charge on any atom is 0.264 e. The fourth-order valence-electron chi connectivity index (χ4n) is 3.65. The zero-order chi connectivity index (χ0) is 28.1. The van der Waals surface area contributed by atoms with Crippen LogP contribution in [0.15, 0.2) is 71.6 Å². The molecule has 10 heteroatoms. The number of aryl methyl sites for hydroxylation is 1. The quantitative estimate of drug-likeness (QED) is 0.417. The smallest absolute Gasteiger partial charge is 0.264 e. The Morgan fingerprint density at radius 3 is 2.13 bits per heavy atom. The van der Waals surface area contributed by atoms with E-state index in [9.17, 15) is 18.0 Å². The summed E-state index contributed by atoms with van der Waals surface area (Å²) in [5.41, 5.74) is 1.29. The molecule has 2 amide bonds. The largest absolute Gasteiger partial charge is 0.493 e. The highest BCUT2D eigenvalue weighted by Gasteiger charge is 2.29. The molecule has 0 bridgehead atoms. The molecular weight excluding hydrogens is 506 g/mol. The summed E-state index contributed by atoms with van der Waals surface area (Å²) >= 11 is 0. The van der Waals surface area contributed by atoms with Crippen LogP contribution in [-0.4, -0.2) is 46.5 Å². The summed E-state index contributed by atoms with van der Waals surface area (Å²) in [6.45, 7) is 6.90. The number of carbonyl (C=O) groups excluding carboxylic acids is 2. The highest BCUT2D eigenvalue weighted by molar-refractivity contribution is 7.92. The van der Waals surface area contributed by atoms with E-state index in [0.717, 1.165) is 9.87 Å². The minimum Gasteiger partial charge on any atom is -0.493 e. The molecule has 3 aromatic rings. The van der Waals surface area contributed by atoms with Crippen LogP contribution in [-0.2, 0) is 14.8 Å². The predicted octanol–water partition coefficient (Wildman–Crippen LogP) is 4.37. The van der Waals surface area contributed by atoms with E-state index in [2.05, 4.69) is 10.6 Å². The van der Waals surface area contributed by atoms with Gasteiger partial charge in [0.25, 0.3) is 15.9 Å². The molecule has 2 N–H and O–H groups in total. The Kier molecular flexibility index (Phi) is 8.67. The van der Waals surface area contributed by atoms with Crippen LogP contribution in [0.4, 0.5) is 11.4 Å². The molecule has 0 fully saturated rings. The molecule has 0 saturated carbocycles. The molecule has 0 saturated heterocycles. The van der Waals surface area contributed by atoms with Crippen molar-refractivity contribution in [2.45, 2.75) is 38.1 Å². The number of nitrogens with zero attached hydrogens (tertiary/aromatic N) is 1. The fourth-order valence-corrected chi connectivity index (χ4v) is 5.09. The number of methoxy groups -OCH3 is 2. The number of para-hydroxylation sites is 1. The van der Waals surface area contributed by atoms with Gasteiger partial charge in [-0.25, -0.2) is 8.42 Å². The van der Waals surface area contributed by atoms with E-state index in [-0.39, 0.29) is 27.8 Å². The summed E-state index contributed by atoms with van der Waals surface area (Å²) in [5, 5.41) is 5.57. The average Bonchev–Trinajstić information content (AvgIpc) is 2.86. The SMILES string of the molecule is COc1ccc(S(=O)(=O)N(CC(=O)Nc2ccccc2C(=O)NC(C)(C)C)c2ccc(C)cc2)cc1OC. The molecule has 202 valence electrons. The van der Waals surface area contributed by atoms with Crippen LogP contribution in [0.25, 0.3) is 0 Å². The van der Waals surface area contributed by atoms with Gasteiger partial charge in [-0.2, -0.15) is 0 Å². The average molecular weight is 540 g/mol. The number of amides is 2. The zero-order valence-electron chi connectivity index (χ0n) is 22.4. The highest BCUT2D eigenvalue weighted by Crippen LogP contribution is 2.32. The Bertz CT molecular complexity index is 1410. The van der Waals surface area contributed by atoms with E-state index in [1.165, 1.54) is 32.4 Å². The molecule has 0 atom stereocenters. The van der Waals surface area contributed by atoms with Gasteiger partial charge in [0.1, 0.15) is 6.54 Å². The molecule has 3 rings (SSSR count). The second kappa shape index (κ2) is 11.6. The van der Waals surface area contributed by atoms with Crippen molar-refractivity contribution in [1.29, 1.82) is 0 Å². The maximum absolute atomic E-state index is 13.8. The first-order valence-corrected chi connectivity index (χ1v) is 13.3. The Labute approximate surface area is 223 Å². The molecule has 0 radical (unpaired) electrons. The molecule has 9 nitrogen and oxygen atoms in total. The number of anilines is 2. The van der Waals surface area contributed by atoms with Gasteiger partial charge in [0.2, 0.25) is 5.91 Å². The summed E-state index contributed by atoms with van der Waals surface area (Å²) < 4.78 is 39.1. The van der Waals surface area contributed by atoms with E-state index >= 15 is 0 Å². The number of sulfonamides is 1. The molecular formula is C28H33N3O6S. The first-order valence-electron chi connectivity index (χ1n) is 11.9. The van der Waals surface area contributed by atoms with Crippen LogP contribution in [0.1, 0.15) is 36.7 Å². The van der Waals surface area contributed by atoms with Crippen LogP contribution in [0.3, 0.4) is 0 Å². The minimum atomic E-state index is -4.20. The third-order valence-corrected chi connectivity index (χ3v) is 7.26. The van der Waals surface area contributed by atoms with Gasteiger partial charge in [-0.1, -0.05) is 29.8 Å². The van der Waals surface area contributed by atoms with Crippen molar-refractivity contribution in [2.24, 2.45) is 0 Å². The van der Waals surface area contributed by atoms with Gasteiger partial charge in [0, 0.05) is 11.6 Å². The molecule has 0 unspecified atom stereocenters. The molecule has 3 aromatic carbocycles. The monoisotopic (exact) mass is 539 g/mol. The molecule has 0 aliphatic rings. The Morgan fingerprint density at radius 2 is 1.53 bits per heavy atom. The first kappa shape index (κ1) is 28.5. The van der Waals surface area contributed by atoms with Gasteiger partial charge in [-0.3, -0.25) is 13.9 Å². The number of ether oxygens (including phenoxy) is 2. The van der Waals surface area contributed by atoms with E-state index in [4.69, 9.17) is 9.47 Å². The van der Waals surface area contributed by atoms with Gasteiger partial charge in [-0.15, -0.1) is 0 Å². The second-order valence-electron chi connectivity index (χ2n) is 9.66. The lowest BCUT2D eigenvalue weighted by molar-refractivity contribution is -0.114. The number of rotatable bonds is 9. The Hall–Kier alpha value is -4.05. The van der Waals surface area contributed by atoms with Gasteiger partial charge < -0.3 is 20.1 Å². The van der Waals surface area contributed by atoms with Crippen molar-refractivity contribution >= 4 is 33.2 Å². The van der Waals surface area contributed by atoms with Crippen LogP contribution >= 0.6 is 0 Å². The van der Waals surface area contributed by atoms with E-state index < -0.39 is 28.0 Å². The number of carbonyl (C=O) groups is 2. The Morgan fingerprint density at radius 1 is 0.895 bits per heavy atom. The third-order valence-electron chi connectivity index (χ3n) is 5.49. The highest BCUT2D eigenvalue weighted by atomic mass is 32.2. The maximum atomic E-state index is 13.8. The Balaban J connectivity index is 1.97. The lowest BCUT2D eigenvalue weighted by Crippen LogP contribution is -2.41. The van der Waals surface area contributed by atoms with Crippen molar-refractivity contribution in [3.63, 3.8) is 0 Å². The second-order valence-corrected chi connectivity index (χ2v) is 11.5. The fraction of sp³-hybridized carbons (Fsp3) is 0.286. The summed E-state index contributed by atoms with van der Waals surface area (Å²) in [5.74, 6) is -0.371. The number of hydrogen-bond donors (Lipinski definition) is 2. The van der Waals surface area contributed by atoms with Crippen LogP contribution in [0.5, 0.6) is 11.5 Å². The zero-order valence-corrected chi connectivity index (χ0v) is 23.2. The van der Waals surface area contributed by atoms with Crippen molar-refractivity contribution < 1.29 is 27.5 Å². The lowest BCUT2D eigenvalue weighted by Gasteiger charge is -2.25. The predicted molar refractivity (Wildman–Crippen MR) is 148 cm³/mol. The van der Waals surface area contributed by atoms with Gasteiger partial charge >= 0.3 is 0 Å². The van der Waals surface area contributed by atoms with Crippen LogP contribution < -0.4 is 24.4 Å². The molecule has 0 aliphatic carbocycles. The van der Waals surface area contributed by atoms with Crippen LogP contribution in [0.2, 0.25) is 0 Å². The van der Waals surface area contributed by atoms with Crippen LogP contribution in [0, 0.1) is 6.92 Å². The van der Waals surface area contributed by atoms with Gasteiger partial charge in [0.05, 0.1) is 36.1 Å². The van der Waals surface area contributed by atoms with Gasteiger partial charge in [0.15, 0.2) is 11.5 Å². The minimum absolute atomic E-state index is 0.0755.